The highest BCUT2D eigenvalue weighted by Gasteiger charge is 1.88. The first-order valence-corrected chi connectivity index (χ1v) is 4.34. The monoisotopic (exact) mass is 137 g/mol. The fourth-order valence-electron chi connectivity index (χ4n) is 0.235. The SMILES string of the molecule is CCSN(C)SC. The average Bonchev–Trinajstić information content (AvgIpc) is 1.68. The van der Waals surface area contributed by atoms with Crippen LogP contribution in [0.2, 0.25) is 0 Å². The Kier molecular flexibility index (Phi) is 5.26. The van der Waals surface area contributed by atoms with Crippen molar-refractivity contribution in [3.8, 4) is 0 Å². The summed E-state index contributed by atoms with van der Waals surface area (Å²) in [5.41, 5.74) is 0. The van der Waals surface area contributed by atoms with E-state index >= 15 is 0 Å². The first-order valence-electron chi connectivity index (χ1n) is 2.22. The molecule has 0 aliphatic heterocycles. The Hall–Kier alpha value is 0.660. The van der Waals surface area contributed by atoms with Gasteiger partial charge in [0.15, 0.2) is 0 Å². The molecule has 0 heterocycles. The molecule has 0 N–H and O–H groups in total. The summed E-state index contributed by atoms with van der Waals surface area (Å²) in [6.07, 6.45) is 2.07. The lowest BCUT2D eigenvalue weighted by molar-refractivity contribution is 0.948. The zero-order chi connectivity index (χ0) is 5.70. The smallest absolute Gasteiger partial charge is 0.00880 e. The van der Waals surface area contributed by atoms with Crippen molar-refractivity contribution in [2.45, 2.75) is 6.92 Å². The molecule has 7 heavy (non-hydrogen) atoms. The summed E-state index contributed by atoms with van der Waals surface area (Å²) in [6.45, 7) is 2.15. The van der Waals surface area contributed by atoms with Crippen LogP contribution in [-0.4, -0.2) is 22.8 Å². The third kappa shape index (κ3) is 4.51. The summed E-state index contributed by atoms with van der Waals surface area (Å²) in [5.74, 6) is 1.16. The van der Waals surface area contributed by atoms with Gasteiger partial charge in [-0.1, -0.05) is 30.8 Å². The molecule has 0 unspecified atom stereocenters. The van der Waals surface area contributed by atoms with E-state index in [2.05, 4.69) is 23.9 Å². The molecule has 0 saturated heterocycles. The molecule has 0 rings (SSSR count). The van der Waals surface area contributed by atoms with E-state index in [4.69, 9.17) is 0 Å². The van der Waals surface area contributed by atoms with Crippen LogP contribution in [0.15, 0.2) is 0 Å². The van der Waals surface area contributed by atoms with Gasteiger partial charge in [-0.3, -0.25) is 0 Å². The highest BCUT2D eigenvalue weighted by molar-refractivity contribution is 8.11. The summed E-state index contributed by atoms with van der Waals surface area (Å²) in [4.78, 5) is 0. The minimum absolute atomic E-state index is 1.16. The van der Waals surface area contributed by atoms with Crippen LogP contribution in [0.1, 0.15) is 6.92 Å². The third-order valence-corrected chi connectivity index (χ3v) is 2.47. The van der Waals surface area contributed by atoms with Crippen molar-refractivity contribution in [3.05, 3.63) is 0 Å². The lowest BCUT2D eigenvalue weighted by Gasteiger charge is -2.07. The van der Waals surface area contributed by atoms with E-state index in [-0.39, 0.29) is 0 Å². The van der Waals surface area contributed by atoms with Gasteiger partial charge < -0.3 is 0 Å². The molecule has 0 aromatic heterocycles. The van der Waals surface area contributed by atoms with E-state index in [0.717, 1.165) is 5.75 Å². The average molecular weight is 137 g/mol. The van der Waals surface area contributed by atoms with Crippen LogP contribution in [0.3, 0.4) is 0 Å². The molecular weight excluding hydrogens is 126 g/mol. The molecule has 3 heteroatoms. The van der Waals surface area contributed by atoms with Crippen molar-refractivity contribution in [2.24, 2.45) is 0 Å². The topological polar surface area (TPSA) is 3.24 Å². The Morgan fingerprint density at radius 3 is 2.29 bits per heavy atom. The molecule has 0 fully saturated rings. The normalized spacial score (nSPS) is 10.3. The Morgan fingerprint density at radius 1 is 1.57 bits per heavy atom. The first-order chi connectivity index (χ1) is 3.31. The maximum absolute atomic E-state index is 2.15. The molecule has 0 spiro atoms. The second-order valence-electron chi connectivity index (χ2n) is 1.04. The summed E-state index contributed by atoms with van der Waals surface area (Å²) in [6, 6.07) is 0. The van der Waals surface area contributed by atoms with Gasteiger partial charge in [-0.2, -0.15) is 3.71 Å². The molecule has 0 aromatic rings. The van der Waals surface area contributed by atoms with E-state index in [0.29, 0.717) is 0 Å². The van der Waals surface area contributed by atoms with Crippen LogP contribution in [0, 0.1) is 0 Å². The van der Waals surface area contributed by atoms with Gasteiger partial charge in [-0.05, 0) is 6.26 Å². The maximum atomic E-state index is 2.15. The largest absolute Gasteiger partial charge is 0.198 e. The van der Waals surface area contributed by atoms with Crippen LogP contribution in [0.5, 0.6) is 0 Å². The quantitative estimate of drug-likeness (QED) is 0.547. The molecular formula is C4H11NS2. The number of hydrogen-bond acceptors (Lipinski definition) is 3. The second-order valence-corrected chi connectivity index (χ2v) is 3.57. The van der Waals surface area contributed by atoms with Crippen molar-refractivity contribution in [1.29, 1.82) is 0 Å². The summed E-state index contributed by atoms with van der Waals surface area (Å²) < 4.78 is 2.14. The summed E-state index contributed by atoms with van der Waals surface area (Å²) in [5, 5.41) is 0. The number of nitrogens with zero attached hydrogens (tertiary/aromatic N) is 1. The molecule has 44 valence electrons. The lowest BCUT2D eigenvalue weighted by Crippen LogP contribution is -1.94. The maximum Gasteiger partial charge on any atom is 0.00880 e. The zero-order valence-electron chi connectivity index (χ0n) is 4.97. The van der Waals surface area contributed by atoms with E-state index in [1.165, 1.54) is 0 Å². The van der Waals surface area contributed by atoms with Crippen LogP contribution >= 0.6 is 23.9 Å². The Labute approximate surface area is 54.1 Å². The minimum Gasteiger partial charge on any atom is -0.198 e. The molecule has 0 saturated carbocycles. The van der Waals surface area contributed by atoms with E-state index in [1.807, 2.05) is 11.9 Å². The molecule has 0 aromatic carbocycles. The highest BCUT2D eigenvalue weighted by Crippen LogP contribution is 2.13. The van der Waals surface area contributed by atoms with Crippen molar-refractivity contribution in [3.63, 3.8) is 0 Å². The molecule has 0 aliphatic carbocycles. The fraction of sp³-hybridized carbons (Fsp3) is 1.00. The van der Waals surface area contributed by atoms with E-state index in [1.54, 1.807) is 11.9 Å². The lowest BCUT2D eigenvalue weighted by atomic mass is 11.0. The molecule has 0 amide bonds. The van der Waals surface area contributed by atoms with Crippen LogP contribution in [0.25, 0.3) is 0 Å². The molecule has 0 radical (unpaired) electrons. The second kappa shape index (κ2) is 4.81. The number of hydrogen-bond donors (Lipinski definition) is 0. The predicted octanol–water partition coefficient (Wildman–Crippen LogP) is 1.86. The van der Waals surface area contributed by atoms with E-state index < -0.39 is 0 Å². The van der Waals surface area contributed by atoms with Crippen LogP contribution in [0.4, 0.5) is 0 Å². The van der Waals surface area contributed by atoms with Gasteiger partial charge in [-0.25, -0.2) is 0 Å². The predicted molar refractivity (Wildman–Crippen MR) is 39.4 cm³/mol. The summed E-state index contributed by atoms with van der Waals surface area (Å²) in [7, 11) is 2.07. The summed E-state index contributed by atoms with van der Waals surface area (Å²) >= 11 is 3.57. The van der Waals surface area contributed by atoms with Gasteiger partial charge in [0.05, 0.1) is 0 Å². The Morgan fingerprint density at radius 2 is 2.14 bits per heavy atom. The standard InChI is InChI=1S/C4H11NS2/c1-4-7-5(2)6-3/h4H2,1-3H3. The highest BCUT2D eigenvalue weighted by atomic mass is 32.2. The van der Waals surface area contributed by atoms with Gasteiger partial charge in [-0.15, -0.1) is 0 Å². The van der Waals surface area contributed by atoms with Gasteiger partial charge in [0.1, 0.15) is 0 Å². The van der Waals surface area contributed by atoms with Crippen molar-refractivity contribution < 1.29 is 0 Å². The number of rotatable bonds is 3. The zero-order valence-corrected chi connectivity index (χ0v) is 6.60. The first kappa shape index (κ1) is 7.66. The van der Waals surface area contributed by atoms with Gasteiger partial charge in [0, 0.05) is 12.8 Å². The third-order valence-electron chi connectivity index (χ3n) is 0.568. The van der Waals surface area contributed by atoms with Gasteiger partial charge in [0.25, 0.3) is 0 Å². The Bertz CT molecular complexity index is 40.7. The van der Waals surface area contributed by atoms with Crippen LogP contribution in [-0.2, 0) is 0 Å². The molecule has 1 nitrogen and oxygen atoms in total. The molecule has 0 bridgehead atoms. The van der Waals surface area contributed by atoms with Crippen molar-refractivity contribution in [2.75, 3.05) is 19.1 Å². The van der Waals surface area contributed by atoms with Gasteiger partial charge >= 0.3 is 0 Å². The fourth-order valence-corrected chi connectivity index (χ4v) is 1.34. The van der Waals surface area contributed by atoms with Crippen LogP contribution < -0.4 is 0 Å². The van der Waals surface area contributed by atoms with E-state index in [9.17, 15) is 0 Å². The Balaban J connectivity index is 2.83. The molecule has 0 atom stereocenters. The van der Waals surface area contributed by atoms with Crippen molar-refractivity contribution in [1.82, 2.24) is 3.71 Å². The van der Waals surface area contributed by atoms with Gasteiger partial charge in [0.2, 0.25) is 0 Å². The molecule has 0 aliphatic rings. The van der Waals surface area contributed by atoms with Crippen molar-refractivity contribution >= 4 is 23.9 Å². The minimum atomic E-state index is 1.16.